The summed E-state index contributed by atoms with van der Waals surface area (Å²) in [5, 5.41) is 9.42. The summed E-state index contributed by atoms with van der Waals surface area (Å²) in [7, 11) is 4.79. The average Bonchev–Trinajstić information content (AvgIpc) is 2.89. The molecule has 0 N–H and O–H groups in total. The number of carbonyl (C=O) groups is 2. The summed E-state index contributed by atoms with van der Waals surface area (Å²) in [5.74, 6) is -0.463. The lowest BCUT2D eigenvalue weighted by molar-refractivity contribution is -0.777. The lowest BCUT2D eigenvalue weighted by Crippen LogP contribution is -2.43. The Kier molecular flexibility index (Phi) is 13.4. The zero-order chi connectivity index (χ0) is 29.1. The molecular weight excluding hydrogens is 510 g/mol. The van der Waals surface area contributed by atoms with Crippen LogP contribution in [-0.2, 0) is 38.1 Å². The molecule has 2 aliphatic rings. The van der Waals surface area contributed by atoms with E-state index in [9.17, 15) is 19.7 Å². The number of fused-ring (bicyclic) bond motifs is 1. The molecule has 222 valence electrons. The van der Waals surface area contributed by atoms with Gasteiger partial charge in [0.2, 0.25) is 6.29 Å². The number of hydrogen-bond acceptors (Lipinski definition) is 10. The fourth-order valence-corrected chi connectivity index (χ4v) is 5.39. The maximum absolute atomic E-state index is 12.8. The van der Waals surface area contributed by atoms with Gasteiger partial charge in [-0.1, -0.05) is 39.0 Å². The maximum Gasteiger partial charge on any atom is 0.310 e. The van der Waals surface area contributed by atoms with Crippen LogP contribution in [0.5, 0.6) is 0 Å². The van der Waals surface area contributed by atoms with Gasteiger partial charge in [-0.15, -0.1) is 10.1 Å². The van der Waals surface area contributed by atoms with Gasteiger partial charge >= 0.3 is 11.9 Å². The van der Waals surface area contributed by atoms with Gasteiger partial charge in [0.1, 0.15) is 6.10 Å². The molecule has 11 heteroatoms. The Bertz CT molecular complexity index is 874. The molecule has 0 saturated carbocycles. The minimum atomic E-state index is -1.30. The largest absolute Gasteiger partial charge is 0.461 e. The highest BCUT2D eigenvalue weighted by atomic mass is 17.0. The predicted octanol–water partition coefficient (Wildman–Crippen LogP) is 4.42. The van der Waals surface area contributed by atoms with Crippen molar-refractivity contribution < 1.29 is 43.2 Å². The van der Waals surface area contributed by atoms with E-state index in [0.717, 1.165) is 18.4 Å². The van der Waals surface area contributed by atoms with Gasteiger partial charge in [0, 0.05) is 40.1 Å². The lowest BCUT2D eigenvalue weighted by atomic mass is 9.66. The third kappa shape index (κ3) is 9.88. The normalized spacial score (nSPS) is 27.4. The molecule has 11 nitrogen and oxygen atoms in total. The van der Waals surface area contributed by atoms with Gasteiger partial charge in [0.15, 0.2) is 0 Å². The summed E-state index contributed by atoms with van der Waals surface area (Å²) < 4.78 is 27.9. The van der Waals surface area contributed by atoms with Crippen molar-refractivity contribution in [1.29, 1.82) is 0 Å². The van der Waals surface area contributed by atoms with Crippen LogP contribution in [0.4, 0.5) is 0 Å². The summed E-state index contributed by atoms with van der Waals surface area (Å²) in [5.41, 5.74) is 1.13. The van der Waals surface area contributed by atoms with Gasteiger partial charge in [-0.2, -0.15) is 0 Å². The van der Waals surface area contributed by atoms with E-state index < -0.39 is 23.4 Å². The molecule has 0 spiro atoms. The maximum atomic E-state index is 12.8. The molecule has 2 rings (SSSR count). The predicted molar refractivity (Wildman–Crippen MR) is 142 cm³/mol. The summed E-state index contributed by atoms with van der Waals surface area (Å²) >= 11 is 0. The van der Waals surface area contributed by atoms with Crippen molar-refractivity contribution in [2.24, 2.45) is 23.7 Å². The third-order valence-electron chi connectivity index (χ3n) is 7.88. The zero-order valence-electron chi connectivity index (χ0n) is 24.2. The van der Waals surface area contributed by atoms with E-state index in [0.29, 0.717) is 19.3 Å². The highest BCUT2D eigenvalue weighted by Crippen LogP contribution is 2.44. The van der Waals surface area contributed by atoms with Gasteiger partial charge in [0.05, 0.1) is 30.7 Å². The van der Waals surface area contributed by atoms with Crippen molar-refractivity contribution in [2.75, 3.05) is 21.3 Å². The second kappa shape index (κ2) is 15.9. The number of allylic oxidation sites excluding steroid dienone is 2. The fourth-order valence-electron chi connectivity index (χ4n) is 5.39. The fraction of sp³-hybridized carbons (Fsp3) is 0.786. The van der Waals surface area contributed by atoms with Crippen LogP contribution >= 0.6 is 0 Å². The second-order valence-corrected chi connectivity index (χ2v) is 10.5. The molecule has 0 heterocycles. The van der Waals surface area contributed by atoms with Crippen molar-refractivity contribution in [2.45, 2.75) is 96.9 Å². The second-order valence-electron chi connectivity index (χ2n) is 10.5. The molecule has 39 heavy (non-hydrogen) atoms. The van der Waals surface area contributed by atoms with Crippen LogP contribution < -0.4 is 0 Å². The minimum Gasteiger partial charge on any atom is -0.461 e. The highest BCUT2D eigenvalue weighted by molar-refractivity contribution is 5.72. The first kappa shape index (κ1) is 32.7. The van der Waals surface area contributed by atoms with E-state index in [4.69, 9.17) is 23.7 Å². The first-order valence-electron chi connectivity index (χ1n) is 13.7. The number of rotatable bonds is 16. The van der Waals surface area contributed by atoms with E-state index >= 15 is 0 Å². The number of carbonyl (C=O) groups excluding carboxylic acids is 2. The van der Waals surface area contributed by atoms with Gasteiger partial charge in [-0.25, -0.2) is 0 Å². The van der Waals surface area contributed by atoms with Crippen LogP contribution in [0.25, 0.3) is 0 Å². The Morgan fingerprint density at radius 3 is 2.44 bits per heavy atom. The molecule has 0 radical (unpaired) electrons. The number of hydrogen-bond donors (Lipinski definition) is 0. The lowest BCUT2D eigenvalue weighted by Gasteiger charge is -2.43. The molecule has 0 fully saturated rings. The summed E-state index contributed by atoms with van der Waals surface area (Å²) in [6.07, 6.45) is 7.28. The molecule has 0 saturated heterocycles. The topological polar surface area (TPSA) is 133 Å². The smallest absolute Gasteiger partial charge is 0.310 e. The molecule has 0 aromatic heterocycles. The summed E-state index contributed by atoms with van der Waals surface area (Å²) in [4.78, 5) is 39.6. The third-order valence-corrected chi connectivity index (χ3v) is 7.88. The van der Waals surface area contributed by atoms with Gasteiger partial charge in [-0.3, -0.25) is 14.4 Å². The molecule has 0 aromatic carbocycles. The first-order valence-corrected chi connectivity index (χ1v) is 13.7. The number of methoxy groups -OCH3 is 3. The monoisotopic (exact) mass is 555 g/mol. The Morgan fingerprint density at radius 1 is 1.15 bits per heavy atom. The van der Waals surface area contributed by atoms with Crippen LogP contribution in [-0.4, -0.2) is 69.1 Å². The van der Waals surface area contributed by atoms with Crippen LogP contribution in [0.15, 0.2) is 23.8 Å². The van der Waals surface area contributed by atoms with E-state index in [1.54, 1.807) is 14.2 Å². The first-order chi connectivity index (χ1) is 18.5. The zero-order valence-corrected chi connectivity index (χ0v) is 24.2. The average molecular weight is 556 g/mol. The molecule has 2 unspecified atom stereocenters. The molecular formula is C28H45NO10. The Labute approximate surface area is 231 Å². The molecule has 0 amide bonds. The molecule has 9 atom stereocenters. The summed E-state index contributed by atoms with van der Waals surface area (Å²) in [6.45, 7) is 7.31. The van der Waals surface area contributed by atoms with Crippen molar-refractivity contribution in [3.8, 4) is 0 Å². The summed E-state index contributed by atoms with van der Waals surface area (Å²) in [6, 6.07) is 0. The van der Waals surface area contributed by atoms with E-state index in [2.05, 4.69) is 30.0 Å². The number of ether oxygens (including phenoxy) is 5. The van der Waals surface area contributed by atoms with E-state index in [1.807, 2.05) is 13.8 Å². The number of nitrogens with zero attached hydrogens (tertiary/aromatic N) is 1. The Morgan fingerprint density at radius 2 is 1.85 bits per heavy atom. The van der Waals surface area contributed by atoms with Crippen molar-refractivity contribution >= 4 is 11.9 Å². The van der Waals surface area contributed by atoms with Crippen LogP contribution in [0.3, 0.4) is 0 Å². The van der Waals surface area contributed by atoms with E-state index in [-0.39, 0.29) is 54.4 Å². The molecule has 0 bridgehead atoms. The van der Waals surface area contributed by atoms with Crippen molar-refractivity contribution in [1.82, 2.24) is 0 Å². The SMILES string of the molecule is CC[C@H](C)C(=O)O[C@H]1C[C@H](OC)C=C2C=C[C@H](C)C(CC[C@H](C[C@H](CC(=O)OC(C)O[N+](=O)[O-])OC)OC)[C@H]21. The minimum absolute atomic E-state index is 0.0539. The number of esters is 2. The molecule has 2 aliphatic carbocycles. The van der Waals surface area contributed by atoms with Crippen LogP contribution in [0, 0.1) is 33.8 Å². The van der Waals surface area contributed by atoms with E-state index in [1.165, 1.54) is 14.0 Å². The van der Waals surface area contributed by atoms with Gasteiger partial charge < -0.3 is 23.7 Å². The van der Waals surface area contributed by atoms with Crippen molar-refractivity contribution in [3.05, 3.63) is 33.9 Å². The molecule has 0 aromatic rings. The Balaban J connectivity index is 2.08. The van der Waals surface area contributed by atoms with Crippen molar-refractivity contribution in [3.63, 3.8) is 0 Å². The Hall–Kier alpha value is -2.50. The molecule has 0 aliphatic heterocycles. The highest BCUT2D eigenvalue weighted by Gasteiger charge is 2.42. The standard InChI is InChI=1S/C28H45NO10/c1-8-17(2)28(31)38-25-15-22(35-6)13-20-10-9-18(3)24(27(20)25)12-11-21(34-5)14-23(36-7)16-26(30)37-19(4)39-29(32)33/h9-10,13,17-19,21-25,27H,8,11-12,14-16H2,1-7H3/t17-,18-,19?,21+,22+,23+,24?,25-,27-/m0/s1. The van der Waals surface area contributed by atoms with Crippen LogP contribution in [0.1, 0.15) is 66.2 Å². The van der Waals surface area contributed by atoms with Gasteiger partial charge in [-0.05, 0) is 43.6 Å². The van der Waals surface area contributed by atoms with Gasteiger partial charge in [0.25, 0.3) is 5.09 Å². The quantitative estimate of drug-likeness (QED) is 0.117. The van der Waals surface area contributed by atoms with Crippen LogP contribution in [0.2, 0.25) is 0 Å².